The molecule has 2 aromatic carbocycles. The fraction of sp³-hybridized carbons (Fsp3) is 0.350. The molecule has 1 N–H and O–H groups in total. The number of carboxylic acid groups (broad SMARTS) is 1. The molecular formula is C20H24N2O2. The molecule has 1 heterocycles. The van der Waals surface area contributed by atoms with Gasteiger partial charge >= 0.3 is 6.09 Å². The fourth-order valence-electron chi connectivity index (χ4n) is 3.22. The number of rotatable bonds is 3. The van der Waals surface area contributed by atoms with Crippen LogP contribution in [0.25, 0.3) is 11.1 Å². The van der Waals surface area contributed by atoms with Crippen LogP contribution in [0.15, 0.2) is 42.5 Å². The van der Waals surface area contributed by atoms with E-state index in [1.807, 2.05) is 0 Å². The summed E-state index contributed by atoms with van der Waals surface area (Å²) >= 11 is 0. The van der Waals surface area contributed by atoms with Crippen LogP contribution in [0.2, 0.25) is 0 Å². The highest BCUT2D eigenvalue weighted by molar-refractivity contribution is 5.66. The Morgan fingerprint density at radius 2 is 1.71 bits per heavy atom. The Kier molecular flexibility index (Phi) is 4.86. The largest absolute Gasteiger partial charge is 0.465 e. The van der Waals surface area contributed by atoms with Crippen molar-refractivity contribution >= 4 is 6.09 Å². The summed E-state index contributed by atoms with van der Waals surface area (Å²) in [7, 11) is 0. The van der Waals surface area contributed by atoms with Crippen molar-refractivity contribution in [1.29, 1.82) is 0 Å². The first-order valence-corrected chi connectivity index (χ1v) is 8.40. The molecule has 0 atom stereocenters. The summed E-state index contributed by atoms with van der Waals surface area (Å²) in [6.45, 7) is 7.93. The van der Waals surface area contributed by atoms with Gasteiger partial charge in [-0.25, -0.2) is 4.79 Å². The maximum Gasteiger partial charge on any atom is 0.407 e. The molecule has 1 fully saturated rings. The standard InChI is InChI=1S/C20H24N2O2/c1-15-4-3-5-17(12-15)18-6-7-19(16(2)13-18)14-21-8-10-22(11-9-21)20(23)24/h3-7,12-13H,8-11,14H2,1-2H3,(H,23,24). The van der Waals surface area contributed by atoms with E-state index in [4.69, 9.17) is 5.11 Å². The number of aryl methyl sites for hydroxylation is 2. The Morgan fingerprint density at radius 1 is 1.00 bits per heavy atom. The average Bonchev–Trinajstić information content (AvgIpc) is 2.57. The van der Waals surface area contributed by atoms with Gasteiger partial charge in [0, 0.05) is 32.7 Å². The molecule has 0 aliphatic carbocycles. The number of hydrogen-bond acceptors (Lipinski definition) is 2. The van der Waals surface area contributed by atoms with Gasteiger partial charge in [-0.2, -0.15) is 0 Å². The van der Waals surface area contributed by atoms with E-state index < -0.39 is 6.09 Å². The maximum absolute atomic E-state index is 11.0. The third-order valence-electron chi connectivity index (χ3n) is 4.73. The van der Waals surface area contributed by atoms with E-state index in [-0.39, 0.29) is 0 Å². The van der Waals surface area contributed by atoms with Gasteiger partial charge in [0.2, 0.25) is 0 Å². The van der Waals surface area contributed by atoms with Gasteiger partial charge in [0.15, 0.2) is 0 Å². The second kappa shape index (κ2) is 7.05. The first-order chi connectivity index (χ1) is 11.5. The SMILES string of the molecule is Cc1cccc(-c2ccc(CN3CCN(C(=O)O)CC3)c(C)c2)c1. The van der Waals surface area contributed by atoms with Crippen molar-refractivity contribution in [3.05, 3.63) is 59.2 Å². The monoisotopic (exact) mass is 324 g/mol. The van der Waals surface area contributed by atoms with E-state index in [0.717, 1.165) is 19.6 Å². The summed E-state index contributed by atoms with van der Waals surface area (Å²) < 4.78 is 0. The number of benzene rings is 2. The maximum atomic E-state index is 11.0. The van der Waals surface area contributed by atoms with Crippen molar-refractivity contribution in [3.63, 3.8) is 0 Å². The van der Waals surface area contributed by atoms with Crippen LogP contribution in [0.3, 0.4) is 0 Å². The molecule has 0 spiro atoms. The molecule has 1 amide bonds. The average molecular weight is 324 g/mol. The molecule has 1 aliphatic heterocycles. The van der Waals surface area contributed by atoms with Gasteiger partial charge in [0.1, 0.15) is 0 Å². The second-order valence-corrected chi connectivity index (χ2v) is 6.56. The zero-order chi connectivity index (χ0) is 17.1. The third-order valence-corrected chi connectivity index (χ3v) is 4.73. The van der Waals surface area contributed by atoms with Crippen molar-refractivity contribution < 1.29 is 9.90 Å². The van der Waals surface area contributed by atoms with Crippen LogP contribution >= 0.6 is 0 Å². The lowest BCUT2D eigenvalue weighted by atomic mass is 9.98. The minimum atomic E-state index is -0.812. The highest BCUT2D eigenvalue weighted by Gasteiger charge is 2.20. The van der Waals surface area contributed by atoms with E-state index in [9.17, 15) is 4.79 Å². The van der Waals surface area contributed by atoms with Crippen molar-refractivity contribution in [2.75, 3.05) is 26.2 Å². The molecule has 3 rings (SSSR count). The zero-order valence-corrected chi connectivity index (χ0v) is 14.3. The van der Waals surface area contributed by atoms with Gasteiger partial charge in [0.05, 0.1) is 0 Å². The van der Waals surface area contributed by atoms with E-state index >= 15 is 0 Å². The number of carbonyl (C=O) groups is 1. The summed E-state index contributed by atoms with van der Waals surface area (Å²) in [5.41, 5.74) is 6.37. The lowest BCUT2D eigenvalue weighted by Crippen LogP contribution is -2.47. The van der Waals surface area contributed by atoms with Crippen LogP contribution in [0.1, 0.15) is 16.7 Å². The van der Waals surface area contributed by atoms with Crippen molar-refractivity contribution in [2.24, 2.45) is 0 Å². The van der Waals surface area contributed by atoms with Crippen LogP contribution in [-0.2, 0) is 6.54 Å². The van der Waals surface area contributed by atoms with Crippen molar-refractivity contribution in [2.45, 2.75) is 20.4 Å². The summed E-state index contributed by atoms with van der Waals surface area (Å²) in [5.74, 6) is 0. The number of hydrogen-bond donors (Lipinski definition) is 1. The molecule has 1 aliphatic rings. The molecule has 0 bridgehead atoms. The summed E-state index contributed by atoms with van der Waals surface area (Å²) in [5, 5.41) is 9.02. The molecule has 1 saturated heterocycles. The predicted molar refractivity (Wildman–Crippen MR) is 96.2 cm³/mol. The highest BCUT2D eigenvalue weighted by Crippen LogP contribution is 2.24. The Balaban J connectivity index is 1.69. The topological polar surface area (TPSA) is 43.8 Å². The zero-order valence-electron chi connectivity index (χ0n) is 14.3. The first kappa shape index (κ1) is 16.5. The van der Waals surface area contributed by atoms with Crippen LogP contribution < -0.4 is 0 Å². The smallest absolute Gasteiger partial charge is 0.407 e. The van der Waals surface area contributed by atoms with E-state index in [1.54, 1.807) is 0 Å². The predicted octanol–water partition coefficient (Wildman–Crippen LogP) is 3.77. The number of piperazine rings is 1. The Hall–Kier alpha value is -2.33. The van der Waals surface area contributed by atoms with Gasteiger partial charge in [-0.3, -0.25) is 4.90 Å². The van der Waals surface area contributed by atoms with Crippen LogP contribution in [0.4, 0.5) is 4.79 Å². The van der Waals surface area contributed by atoms with Gasteiger partial charge in [-0.15, -0.1) is 0 Å². The van der Waals surface area contributed by atoms with Gasteiger partial charge in [0.25, 0.3) is 0 Å². The molecular weight excluding hydrogens is 300 g/mol. The quantitative estimate of drug-likeness (QED) is 0.935. The summed E-state index contributed by atoms with van der Waals surface area (Å²) in [6, 6.07) is 15.2. The molecule has 0 aromatic heterocycles. The molecule has 2 aromatic rings. The molecule has 4 heteroatoms. The van der Waals surface area contributed by atoms with Crippen LogP contribution in [0, 0.1) is 13.8 Å². The van der Waals surface area contributed by atoms with E-state index in [1.165, 1.54) is 32.7 Å². The van der Waals surface area contributed by atoms with E-state index in [2.05, 4.69) is 61.2 Å². The van der Waals surface area contributed by atoms with E-state index in [0.29, 0.717) is 13.1 Å². The molecule has 24 heavy (non-hydrogen) atoms. The normalized spacial score (nSPS) is 15.5. The van der Waals surface area contributed by atoms with Crippen LogP contribution in [0.5, 0.6) is 0 Å². The highest BCUT2D eigenvalue weighted by atomic mass is 16.4. The Labute approximate surface area is 143 Å². The van der Waals surface area contributed by atoms with Crippen molar-refractivity contribution in [1.82, 2.24) is 9.80 Å². The van der Waals surface area contributed by atoms with Gasteiger partial charge < -0.3 is 10.0 Å². The van der Waals surface area contributed by atoms with Gasteiger partial charge in [-0.05, 0) is 36.1 Å². The fourth-order valence-corrected chi connectivity index (χ4v) is 3.22. The van der Waals surface area contributed by atoms with Gasteiger partial charge in [-0.1, -0.05) is 48.0 Å². The Bertz CT molecular complexity index is 734. The summed E-state index contributed by atoms with van der Waals surface area (Å²) in [4.78, 5) is 14.8. The minimum Gasteiger partial charge on any atom is -0.465 e. The lowest BCUT2D eigenvalue weighted by Gasteiger charge is -2.33. The molecule has 126 valence electrons. The molecule has 0 radical (unpaired) electrons. The lowest BCUT2D eigenvalue weighted by molar-refractivity contribution is 0.103. The minimum absolute atomic E-state index is 0.593. The van der Waals surface area contributed by atoms with Crippen LogP contribution in [-0.4, -0.2) is 47.2 Å². The summed E-state index contributed by atoms with van der Waals surface area (Å²) in [6.07, 6.45) is -0.812. The first-order valence-electron chi connectivity index (χ1n) is 8.40. The molecule has 0 saturated carbocycles. The number of amides is 1. The number of nitrogens with zero attached hydrogens (tertiary/aromatic N) is 2. The van der Waals surface area contributed by atoms with Crippen molar-refractivity contribution in [3.8, 4) is 11.1 Å². The molecule has 0 unspecified atom stereocenters. The second-order valence-electron chi connectivity index (χ2n) is 6.56. The Morgan fingerprint density at radius 3 is 2.33 bits per heavy atom. The third kappa shape index (κ3) is 3.77. The molecule has 4 nitrogen and oxygen atoms in total.